The Balaban J connectivity index is 1.92. The van der Waals surface area contributed by atoms with E-state index in [1.54, 1.807) is 0 Å². The van der Waals surface area contributed by atoms with Gasteiger partial charge in [-0.25, -0.2) is 0 Å². The zero-order valence-corrected chi connectivity index (χ0v) is 14.7. The Morgan fingerprint density at radius 1 is 0.565 bits per heavy atom. The molecule has 0 radical (unpaired) electrons. The van der Waals surface area contributed by atoms with Crippen LogP contribution in [0.15, 0.2) is 78.9 Å². The molecule has 0 nitrogen and oxygen atoms in total. The Kier molecular flexibility index (Phi) is 12.6. The minimum Gasteiger partial charge on any atom is -0.0917 e. The van der Waals surface area contributed by atoms with Gasteiger partial charge in [-0.2, -0.15) is 0 Å². The van der Waals surface area contributed by atoms with Crippen molar-refractivity contribution in [3.8, 4) is 0 Å². The van der Waals surface area contributed by atoms with Crippen molar-refractivity contribution >= 4 is 0 Å². The summed E-state index contributed by atoms with van der Waals surface area (Å²) in [6, 6.07) is 10.7. The van der Waals surface area contributed by atoms with Crippen LogP contribution in [0, 0.1) is 0 Å². The number of unbranched alkanes of at least 4 members (excludes halogenated alkanes) is 3. The van der Waals surface area contributed by atoms with E-state index in [0.29, 0.717) is 0 Å². The molecule has 0 aliphatic heterocycles. The Bertz CT molecular complexity index is 474. The van der Waals surface area contributed by atoms with Crippen LogP contribution < -0.4 is 0 Å². The van der Waals surface area contributed by atoms with E-state index in [0.717, 1.165) is 32.1 Å². The van der Waals surface area contributed by atoms with Gasteiger partial charge in [0.2, 0.25) is 0 Å². The van der Waals surface area contributed by atoms with Gasteiger partial charge in [0.15, 0.2) is 0 Å². The fraction of sp³-hybridized carbons (Fsp3) is 0.391. The van der Waals surface area contributed by atoms with E-state index in [4.69, 9.17) is 0 Å². The fourth-order valence-electron chi connectivity index (χ4n) is 2.35. The van der Waals surface area contributed by atoms with Gasteiger partial charge in [-0.3, -0.25) is 0 Å². The molecule has 0 atom stereocenters. The lowest BCUT2D eigenvalue weighted by atomic mass is 10.1. The van der Waals surface area contributed by atoms with Gasteiger partial charge in [0.05, 0.1) is 0 Å². The Hall–Kier alpha value is -1.82. The highest BCUT2D eigenvalue weighted by Gasteiger charge is 1.87. The van der Waals surface area contributed by atoms with Crippen molar-refractivity contribution in [3.63, 3.8) is 0 Å². The largest absolute Gasteiger partial charge is 0.0917 e. The second-order valence-corrected chi connectivity index (χ2v) is 5.74. The Labute approximate surface area is 143 Å². The van der Waals surface area contributed by atoms with Crippen LogP contribution in [0.5, 0.6) is 0 Å². The van der Waals surface area contributed by atoms with Gasteiger partial charge >= 0.3 is 0 Å². The molecule has 0 saturated heterocycles. The number of aryl methyl sites for hydroxylation is 1. The molecular formula is C23H32. The van der Waals surface area contributed by atoms with Crippen LogP contribution in [-0.4, -0.2) is 0 Å². The summed E-state index contributed by atoms with van der Waals surface area (Å²) in [6.07, 6.45) is 27.5. The molecule has 1 aromatic rings. The summed E-state index contributed by atoms with van der Waals surface area (Å²) in [5.41, 5.74) is 1.43. The van der Waals surface area contributed by atoms with Crippen molar-refractivity contribution in [2.75, 3.05) is 0 Å². The lowest BCUT2D eigenvalue weighted by molar-refractivity contribution is 0.966. The summed E-state index contributed by atoms with van der Waals surface area (Å²) in [4.78, 5) is 0. The smallest absolute Gasteiger partial charge is 0.0244 e. The van der Waals surface area contributed by atoms with E-state index in [2.05, 4.69) is 85.9 Å². The molecular weight excluding hydrogens is 276 g/mol. The van der Waals surface area contributed by atoms with Crippen molar-refractivity contribution in [1.82, 2.24) is 0 Å². The molecule has 124 valence electrons. The van der Waals surface area contributed by atoms with Gasteiger partial charge in [0.25, 0.3) is 0 Å². The van der Waals surface area contributed by atoms with E-state index >= 15 is 0 Å². The summed E-state index contributed by atoms with van der Waals surface area (Å²) < 4.78 is 0. The van der Waals surface area contributed by atoms with Crippen LogP contribution in [-0.2, 0) is 6.42 Å². The number of hydrogen-bond acceptors (Lipinski definition) is 0. The second-order valence-electron chi connectivity index (χ2n) is 5.74. The molecule has 1 rings (SSSR count). The Morgan fingerprint density at radius 3 is 1.48 bits per heavy atom. The van der Waals surface area contributed by atoms with Crippen molar-refractivity contribution < 1.29 is 0 Å². The van der Waals surface area contributed by atoms with Gasteiger partial charge in [-0.05, 0) is 63.9 Å². The number of benzene rings is 1. The fourth-order valence-corrected chi connectivity index (χ4v) is 2.35. The van der Waals surface area contributed by atoms with Gasteiger partial charge < -0.3 is 0 Å². The highest BCUT2D eigenvalue weighted by atomic mass is 13.9. The molecule has 0 aliphatic rings. The van der Waals surface area contributed by atoms with E-state index in [1.165, 1.54) is 24.8 Å². The number of rotatable bonds is 12. The Morgan fingerprint density at radius 2 is 1.00 bits per heavy atom. The highest BCUT2D eigenvalue weighted by molar-refractivity contribution is 5.15. The minimum atomic E-state index is 1.14. The summed E-state index contributed by atoms with van der Waals surface area (Å²) in [5, 5.41) is 0. The SMILES string of the molecule is C/C=C/CC/C=C/CC/C=C/CC/C=C/CCc1ccccc1. The molecule has 23 heavy (non-hydrogen) atoms. The molecule has 0 amide bonds. The van der Waals surface area contributed by atoms with Gasteiger partial charge in [-0.15, -0.1) is 0 Å². The second kappa shape index (κ2) is 15.1. The zero-order valence-electron chi connectivity index (χ0n) is 14.7. The summed E-state index contributed by atoms with van der Waals surface area (Å²) in [7, 11) is 0. The first-order chi connectivity index (χ1) is 11.4. The monoisotopic (exact) mass is 308 g/mol. The maximum absolute atomic E-state index is 2.31. The van der Waals surface area contributed by atoms with Gasteiger partial charge in [0.1, 0.15) is 0 Å². The molecule has 0 aliphatic carbocycles. The van der Waals surface area contributed by atoms with Crippen LogP contribution in [0.2, 0.25) is 0 Å². The van der Waals surface area contributed by atoms with Crippen LogP contribution >= 0.6 is 0 Å². The lowest BCUT2D eigenvalue weighted by Gasteiger charge is -1.96. The quantitative estimate of drug-likeness (QED) is 0.283. The summed E-state index contributed by atoms with van der Waals surface area (Å²) >= 11 is 0. The van der Waals surface area contributed by atoms with E-state index < -0.39 is 0 Å². The number of hydrogen-bond donors (Lipinski definition) is 0. The molecule has 0 fully saturated rings. The van der Waals surface area contributed by atoms with Gasteiger partial charge in [-0.1, -0.05) is 78.9 Å². The highest BCUT2D eigenvalue weighted by Crippen LogP contribution is 2.04. The first-order valence-electron chi connectivity index (χ1n) is 9.03. The maximum atomic E-state index is 2.31. The van der Waals surface area contributed by atoms with E-state index in [-0.39, 0.29) is 0 Å². The molecule has 0 unspecified atom stereocenters. The molecule has 0 N–H and O–H groups in total. The summed E-state index contributed by atoms with van der Waals surface area (Å²) in [6.45, 7) is 2.08. The first-order valence-corrected chi connectivity index (χ1v) is 9.03. The minimum absolute atomic E-state index is 1.14. The van der Waals surface area contributed by atoms with Crippen LogP contribution in [0.1, 0.15) is 57.4 Å². The third-order valence-electron chi connectivity index (χ3n) is 3.68. The van der Waals surface area contributed by atoms with E-state index in [9.17, 15) is 0 Å². The van der Waals surface area contributed by atoms with Crippen molar-refractivity contribution in [2.45, 2.75) is 58.3 Å². The van der Waals surface area contributed by atoms with Crippen LogP contribution in [0.3, 0.4) is 0 Å². The summed E-state index contributed by atoms with van der Waals surface area (Å²) in [5.74, 6) is 0. The third-order valence-corrected chi connectivity index (χ3v) is 3.68. The molecule has 1 aromatic carbocycles. The predicted molar refractivity (Wildman–Crippen MR) is 105 cm³/mol. The van der Waals surface area contributed by atoms with Crippen LogP contribution in [0.25, 0.3) is 0 Å². The average molecular weight is 309 g/mol. The molecule has 0 aromatic heterocycles. The first kappa shape index (κ1) is 19.2. The topological polar surface area (TPSA) is 0 Å². The average Bonchev–Trinajstić information content (AvgIpc) is 2.59. The molecule has 0 heteroatoms. The molecule has 0 spiro atoms. The molecule has 0 bridgehead atoms. The van der Waals surface area contributed by atoms with Crippen molar-refractivity contribution in [1.29, 1.82) is 0 Å². The normalized spacial score (nSPS) is 12.4. The third kappa shape index (κ3) is 12.4. The van der Waals surface area contributed by atoms with Crippen molar-refractivity contribution in [3.05, 3.63) is 84.5 Å². The zero-order chi connectivity index (χ0) is 16.4. The molecule has 0 heterocycles. The maximum Gasteiger partial charge on any atom is -0.0244 e. The van der Waals surface area contributed by atoms with Crippen LogP contribution in [0.4, 0.5) is 0 Å². The number of allylic oxidation sites excluding steroid dienone is 8. The lowest BCUT2D eigenvalue weighted by Crippen LogP contribution is -1.81. The van der Waals surface area contributed by atoms with E-state index in [1.807, 2.05) is 0 Å². The molecule has 0 saturated carbocycles. The predicted octanol–water partition coefficient (Wildman–Crippen LogP) is 7.20. The standard InChI is InChI=1S/C23H32/c1-2-3-4-5-6-7-8-9-10-11-12-13-14-15-17-20-23-21-18-16-19-22-23/h2-3,6-7,10-11,14-16,18-19,21-22H,4-5,8-9,12-13,17,20H2,1H3/b3-2+,7-6+,11-10+,15-14+. The van der Waals surface area contributed by atoms with Crippen molar-refractivity contribution in [2.24, 2.45) is 0 Å². The van der Waals surface area contributed by atoms with Gasteiger partial charge in [0, 0.05) is 0 Å².